The Balaban J connectivity index is 1.85. The minimum absolute atomic E-state index is 0.0296. The average Bonchev–Trinajstić information content (AvgIpc) is 2.93. The molecule has 8 heteroatoms. The molecule has 0 fully saturated rings. The molecular formula is C22H23F2N5O. The second kappa shape index (κ2) is 7.19. The Labute approximate surface area is 172 Å². The van der Waals surface area contributed by atoms with Gasteiger partial charge >= 0.3 is 5.69 Å². The van der Waals surface area contributed by atoms with E-state index in [1.165, 1.54) is 6.07 Å². The molecule has 30 heavy (non-hydrogen) atoms. The van der Waals surface area contributed by atoms with Crippen LogP contribution in [0.5, 0.6) is 0 Å². The van der Waals surface area contributed by atoms with Gasteiger partial charge in [-0.15, -0.1) is 5.10 Å². The summed E-state index contributed by atoms with van der Waals surface area (Å²) in [5.74, 6) is 0.545. The van der Waals surface area contributed by atoms with Crippen molar-refractivity contribution in [2.24, 2.45) is 14.1 Å². The van der Waals surface area contributed by atoms with Crippen molar-refractivity contribution in [1.82, 2.24) is 19.3 Å². The van der Waals surface area contributed by atoms with Crippen LogP contribution in [-0.2, 0) is 14.1 Å². The fourth-order valence-electron chi connectivity index (χ4n) is 4.04. The van der Waals surface area contributed by atoms with Crippen LogP contribution in [0.3, 0.4) is 0 Å². The topological polar surface area (TPSA) is 64.7 Å². The Kier molecular flexibility index (Phi) is 4.80. The highest BCUT2D eigenvalue weighted by Crippen LogP contribution is 2.32. The van der Waals surface area contributed by atoms with E-state index in [1.54, 1.807) is 36.2 Å². The molecule has 0 spiro atoms. The number of anilines is 1. The van der Waals surface area contributed by atoms with Gasteiger partial charge in [-0.3, -0.25) is 9.13 Å². The minimum Gasteiger partial charge on any atom is -0.362 e. The Bertz CT molecular complexity index is 1340. The van der Waals surface area contributed by atoms with Gasteiger partial charge in [0.1, 0.15) is 0 Å². The quantitative estimate of drug-likeness (QED) is 0.535. The standard InChI is InChI=1S/C22H23F2N5O/c1-11-14(7-6-8-15(11)20(23)24)12(2)25-21-17-10-19-18(28(4)22(30)29(19)5)9-16(17)13(3)26-27-21/h6-10,12,20H,1-5H3,(H,25,27)/t12-/m1/s1. The third kappa shape index (κ3) is 3.03. The minimum atomic E-state index is -2.52. The molecule has 0 radical (unpaired) electrons. The molecule has 0 aliphatic heterocycles. The van der Waals surface area contributed by atoms with Crippen LogP contribution in [0.2, 0.25) is 0 Å². The SMILES string of the molecule is Cc1c(C(F)F)cccc1[C@@H](C)Nc1nnc(C)c2cc3c(cc12)n(C)c(=O)n3C. The van der Waals surface area contributed by atoms with Gasteiger partial charge in [0.25, 0.3) is 6.43 Å². The number of halogens is 2. The molecule has 4 rings (SSSR count). The number of alkyl halides is 2. The lowest BCUT2D eigenvalue weighted by molar-refractivity contribution is 0.150. The molecule has 1 N–H and O–H groups in total. The van der Waals surface area contributed by atoms with E-state index in [-0.39, 0.29) is 17.3 Å². The maximum absolute atomic E-state index is 13.3. The highest BCUT2D eigenvalue weighted by Gasteiger charge is 2.19. The number of imidazole rings is 1. The molecule has 2 aromatic heterocycles. The summed E-state index contributed by atoms with van der Waals surface area (Å²) in [6, 6.07) is 8.52. The molecular weight excluding hydrogens is 388 g/mol. The number of hydrogen-bond donors (Lipinski definition) is 1. The van der Waals surface area contributed by atoms with E-state index in [9.17, 15) is 13.6 Å². The van der Waals surface area contributed by atoms with Crippen LogP contribution in [0.4, 0.5) is 14.6 Å². The third-order valence-corrected chi connectivity index (χ3v) is 5.83. The van der Waals surface area contributed by atoms with Gasteiger partial charge in [0, 0.05) is 30.4 Å². The predicted octanol–water partition coefficient (Wildman–Crippen LogP) is 4.55. The maximum Gasteiger partial charge on any atom is 0.328 e. The molecule has 1 atom stereocenters. The number of nitrogens with zero attached hydrogens (tertiary/aromatic N) is 4. The van der Waals surface area contributed by atoms with Crippen LogP contribution in [0.15, 0.2) is 35.1 Å². The number of rotatable bonds is 4. The van der Waals surface area contributed by atoms with Crippen molar-refractivity contribution in [3.8, 4) is 0 Å². The van der Waals surface area contributed by atoms with Gasteiger partial charge < -0.3 is 5.32 Å². The van der Waals surface area contributed by atoms with Crippen molar-refractivity contribution < 1.29 is 8.78 Å². The summed E-state index contributed by atoms with van der Waals surface area (Å²) in [6.45, 7) is 5.48. The maximum atomic E-state index is 13.3. The molecule has 0 bridgehead atoms. The van der Waals surface area contributed by atoms with E-state index in [0.29, 0.717) is 11.4 Å². The Hall–Kier alpha value is -3.29. The average molecular weight is 411 g/mol. The Morgan fingerprint density at radius 1 is 0.967 bits per heavy atom. The van der Waals surface area contributed by atoms with Gasteiger partial charge in [0.15, 0.2) is 5.82 Å². The summed E-state index contributed by atoms with van der Waals surface area (Å²) in [6.07, 6.45) is -2.52. The van der Waals surface area contributed by atoms with Gasteiger partial charge in [-0.1, -0.05) is 18.2 Å². The summed E-state index contributed by atoms with van der Waals surface area (Å²) in [4.78, 5) is 12.3. The van der Waals surface area contributed by atoms with Crippen molar-refractivity contribution >= 4 is 27.6 Å². The number of aromatic nitrogens is 4. The van der Waals surface area contributed by atoms with E-state index < -0.39 is 6.43 Å². The summed E-state index contributed by atoms with van der Waals surface area (Å²) in [7, 11) is 3.47. The highest BCUT2D eigenvalue weighted by atomic mass is 19.3. The van der Waals surface area contributed by atoms with E-state index in [4.69, 9.17) is 0 Å². The van der Waals surface area contributed by atoms with Crippen molar-refractivity contribution in [3.05, 3.63) is 63.2 Å². The summed E-state index contributed by atoms with van der Waals surface area (Å²) < 4.78 is 29.8. The fraction of sp³-hybridized carbons (Fsp3) is 0.318. The van der Waals surface area contributed by atoms with Gasteiger partial charge in [0.05, 0.1) is 22.8 Å². The number of benzene rings is 2. The highest BCUT2D eigenvalue weighted by molar-refractivity contribution is 6.01. The number of hydrogen-bond acceptors (Lipinski definition) is 4. The summed E-state index contributed by atoms with van der Waals surface area (Å²) >= 11 is 0. The van der Waals surface area contributed by atoms with Gasteiger partial charge in [-0.2, -0.15) is 5.10 Å². The Morgan fingerprint density at radius 3 is 2.20 bits per heavy atom. The summed E-state index contributed by atoms with van der Waals surface area (Å²) in [5.41, 5.74) is 3.60. The zero-order valence-electron chi connectivity index (χ0n) is 17.5. The zero-order valence-corrected chi connectivity index (χ0v) is 17.5. The monoisotopic (exact) mass is 411 g/mol. The van der Waals surface area contributed by atoms with Crippen LogP contribution in [0, 0.1) is 13.8 Å². The van der Waals surface area contributed by atoms with Crippen molar-refractivity contribution in [2.45, 2.75) is 33.2 Å². The smallest absolute Gasteiger partial charge is 0.328 e. The van der Waals surface area contributed by atoms with Crippen LogP contribution in [0.1, 0.15) is 41.8 Å². The number of fused-ring (bicyclic) bond motifs is 2. The second-order valence-corrected chi connectivity index (χ2v) is 7.65. The molecule has 4 aromatic rings. The zero-order chi connectivity index (χ0) is 21.7. The molecule has 2 heterocycles. The molecule has 0 saturated heterocycles. The molecule has 0 aliphatic rings. The lowest BCUT2D eigenvalue weighted by Crippen LogP contribution is -2.19. The van der Waals surface area contributed by atoms with Crippen LogP contribution in [-0.4, -0.2) is 19.3 Å². The first-order valence-corrected chi connectivity index (χ1v) is 9.67. The fourth-order valence-corrected chi connectivity index (χ4v) is 4.04. The first-order chi connectivity index (χ1) is 14.2. The first-order valence-electron chi connectivity index (χ1n) is 9.67. The Morgan fingerprint density at radius 2 is 1.57 bits per heavy atom. The molecule has 6 nitrogen and oxygen atoms in total. The van der Waals surface area contributed by atoms with E-state index in [0.717, 1.165) is 33.1 Å². The van der Waals surface area contributed by atoms with Crippen molar-refractivity contribution in [3.63, 3.8) is 0 Å². The second-order valence-electron chi connectivity index (χ2n) is 7.65. The third-order valence-electron chi connectivity index (χ3n) is 5.83. The molecule has 0 aliphatic carbocycles. The van der Waals surface area contributed by atoms with E-state index in [1.807, 2.05) is 32.0 Å². The van der Waals surface area contributed by atoms with Gasteiger partial charge in [-0.25, -0.2) is 13.6 Å². The number of nitrogens with one attached hydrogen (secondary N) is 1. The van der Waals surface area contributed by atoms with Gasteiger partial charge in [0.2, 0.25) is 0 Å². The lowest BCUT2D eigenvalue weighted by Gasteiger charge is -2.20. The van der Waals surface area contributed by atoms with Crippen molar-refractivity contribution in [1.29, 1.82) is 0 Å². The normalized spacial score (nSPS) is 12.8. The predicted molar refractivity (Wildman–Crippen MR) is 114 cm³/mol. The lowest BCUT2D eigenvalue weighted by atomic mass is 9.97. The van der Waals surface area contributed by atoms with E-state index >= 15 is 0 Å². The largest absolute Gasteiger partial charge is 0.362 e. The first kappa shape index (κ1) is 20.0. The summed E-state index contributed by atoms with van der Waals surface area (Å²) in [5, 5.41) is 13.6. The molecule has 2 aromatic carbocycles. The molecule has 156 valence electrons. The van der Waals surface area contributed by atoms with Gasteiger partial charge in [-0.05, 0) is 44.0 Å². The number of aryl methyl sites for hydroxylation is 3. The van der Waals surface area contributed by atoms with Crippen LogP contribution < -0.4 is 11.0 Å². The molecule has 0 saturated carbocycles. The van der Waals surface area contributed by atoms with Crippen molar-refractivity contribution in [2.75, 3.05) is 5.32 Å². The van der Waals surface area contributed by atoms with Crippen LogP contribution >= 0.6 is 0 Å². The molecule has 0 amide bonds. The molecule has 0 unspecified atom stereocenters. The van der Waals surface area contributed by atoms with E-state index in [2.05, 4.69) is 15.5 Å². The van der Waals surface area contributed by atoms with Crippen LogP contribution in [0.25, 0.3) is 21.8 Å².